The molecular formula is C108H216O20. The van der Waals surface area contributed by atoms with Crippen molar-refractivity contribution in [3.63, 3.8) is 0 Å². The topological polar surface area (TPSA) is 373 Å². The highest BCUT2D eigenvalue weighted by molar-refractivity contribution is 5.69. The maximum absolute atomic E-state index is 10.3. The van der Waals surface area contributed by atoms with E-state index in [1.165, 1.54) is 372 Å². The van der Waals surface area contributed by atoms with E-state index in [0.717, 1.165) is 128 Å². The maximum Gasteiger partial charge on any atom is 0.303 e. The maximum atomic E-state index is 10.3. The van der Waals surface area contributed by atoms with Crippen molar-refractivity contribution in [3.05, 3.63) is 0 Å². The van der Waals surface area contributed by atoms with Crippen molar-refractivity contribution >= 4 is 59.7 Å². The summed E-state index contributed by atoms with van der Waals surface area (Å²) < 4.78 is 0. The van der Waals surface area contributed by atoms with Crippen molar-refractivity contribution in [2.45, 2.75) is 634 Å². The zero-order valence-electron chi connectivity index (χ0n) is 85.8. The molecule has 20 nitrogen and oxygen atoms in total. The van der Waals surface area contributed by atoms with Gasteiger partial charge in [0, 0.05) is 64.2 Å². The van der Waals surface area contributed by atoms with Crippen LogP contribution in [0.15, 0.2) is 0 Å². The second kappa shape index (κ2) is 140. The van der Waals surface area contributed by atoms with Gasteiger partial charge in [0.1, 0.15) is 0 Å². The van der Waals surface area contributed by atoms with Crippen LogP contribution in [0.4, 0.5) is 0 Å². The molecule has 0 aromatic heterocycles. The van der Waals surface area contributed by atoms with Gasteiger partial charge < -0.3 is 51.1 Å². The van der Waals surface area contributed by atoms with Crippen LogP contribution in [0.5, 0.6) is 0 Å². The largest absolute Gasteiger partial charge is 0.481 e. The summed E-state index contributed by atoms with van der Waals surface area (Å²) in [4.78, 5) is 102. The quantitative estimate of drug-likeness (QED) is 0.0253. The van der Waals surface area contributed by atoms with Crippen LogP contribution in [0.1, 0.15) is 634 Å². The number of carboxylic acids is 10. The summed E-state index contributed by atoms with van der Waals surface area (Å²) in [6.07, 6.45) is 98.0. The number of aliphatic carboxylic acids is 10. The highest BCUT2D eigenvalue weighted by atomic mass is 16.4. The Balaban J connectivity index is -0.000000152. The first kappa shape index (κ1) is 143. The number of unbranched alkanes of at least 4 members (excludes halogenated alkanes) is 68. The summed E-state index contributed by atoms with van der Waals surface area (Å²) in [7, 11) is 0. The predicted octanol–water partition coefficient (Wildman–Crippen LogP) is 35.2. The smallest absolute Gasteiger partial charge is 0.303 e. The fraction of sp³-hybridized carbons (Fsp3) is 0.907. The van der Waals surface area contributed by atoms with Crippen molar-refractivity contribution < 1.29 is 99.0 Å². The van der Waals surface area contributed by atoms with Gasteiger partial charge >= 0.3 is 59.7 Å². The van der Waals surface area contributed by atoms with Gasteiger partial charge in [-0.3, -0.25) is 47.9 Å². The van der Waals surface area contributed by atoms with E-state index in [-0.39, 0.29) is 0 Å². The van der Waals surface area contributed by atoms with E-state index in [2.05, 4.69) is 69.2 Å². The SMILES string of the molecule is CCCCCCCCCC(=O)O.CCCCCCCCCC(=O)O.CCCCCCCCCC(=O)O.CCCCCCCCCC(=O)O.CCCCCCCCCC(=O)O.CCCCCCCCCC(=O)O.CCCCCCCCCC(=O)O.CCCCCCCCCC(=O)O.CCCCCCCCCC(=O)O.CCCCCCCCCCCCCCCCCC(=O)O. The van der Waals surface area contributed by atoms with E-state index in [1.807, 2.05) is 0 Å². The van der Waals surface area contributed by atoms with Crippen LogP contribution in [-0.2, 0) is 47.9 Å². The average Bonchev–Trinajstić information content (AvgIpc) is 1.15. The first-order chi connectivity index (χ1) is 61.7. The highest BCUT2D eigenvalue weighted by Gasteiger charge is 2.05. The van der Waals surface area contributed by atoms with E-state index >= 15 is 0 Å². The second-order valence-corrected chi connectivity index (χ2v) is 35.5. The molecule has 0 saturated heterocycles. The minimum Gasteiger partial charge on any atom is -0.481 e. The molecule has 0 rings (SSSR count). The van der Waals surface area contributed by atoms with Gasteiger partial charge in [-0.1, -0.05) is 506 Å². The fourth-order valence-corrected chi connectivity index (χ4v) is 13.7. The van der Waals surface area contributed by atoms with Gasteiger partial charge in [0.15, 0.2) is 0 Å². The van der Waals surface area contributed by atoms with E-state index in [9.17, 15) is 47.9 Å². The van der Waals surface area contributed by atoms with Crippen LogP contribution in [0, 0.1) is 0 Å². The summed E-state index contributed by atoms with van der Waals surface area (Å²) in [6.45, 7) is 22.1. The lowest BCUT2D eigenvalue weighted by Crippen LogP contribution is -1.93. The zero-order valence-corrected chi connectivity index (χ0v) is 85.8. The molecule has 0 fully saturated rings. The molecule has 0 bridgehead atoms. The Morgan fingerprint density at radius 2 is 0.141 bits per heavy atom. The monoisotopic (exact) mass is 1830 g/mol. The van der Waals surface area contributed by atoms with Crippen LogP contribution in [0.2, 0.25) is 0 Å². The minimum absolute atomic E-state index is 0.341. The Kier molecular flexibility index (Phi) is 156. The molecule has 0 aromatic carbocycles. The van der Waals surface area contributed by atoms with Crippen LogP contribution in [0.25, 0.3) is 0 Å². The highest BCUT2D eigenvalue weighted by Crippen LogP contribution is 2.18. The Morgan fingerprint density at radius 3 is 0.188 bits per heavy atom. The third-order valence-corrected chi connectivity index (χ3v) is 21.9. The molecule has 0 spiro atoms. The molecule has 0 radical (unpaired) electrons. The second-order valence-electron chi connectivity index (χ2n) is 35.5. The van der Waals surface area contributed by atoms with Gasteiger partial charge in [0.05, 0.1) is 0 Å². The summed E-state index contributed by atoms with van der Waals surface area (Å²) in [6, 6.07) is 0. The van der Waals surface area contributed by atoms with Gasteiger partial charge in [-0.25, -0.2) is 0 Å². The molecule has 20 heteroatoms. The lowest BCUT2D eigenvalue weighted by Gasteiger charge is -2.03. The van der Waals surface area contributed by atoms with Crippen molar-refractivity contribution in [2.75, 3.05) is 0 Å². The number of hydrogen-bond donors (Lipinski definition) is 10. The lowest BCUT2D eigenvalue weighted by atomic mass is 10.0. The van der Waals surface area contributed by atoms with Gasteiger partial charge in [0.2, 0.25) is 0 Å². The van der Waals surface area contributed by atoms with E-state index in [1.54, 1.807) is 0 Å². The first-order valence-corrected chi connectivity index (χ1v) is 53.9. The molecule has 0 aliphatic rings. The van der Waals surface area contributed by atoms with Crippen LogP contribution in [-0.4, -0.2) is 111 Å². The third kappa shape index (κ3) is 201. The van der Waals surface area contributed by atoms with E-state index in [0.29, 0.717) is 64.2 Å². The van der Waals surface area contributed by atoms with Crippen molar-refractivity contribution in [1.82, 2.24) is 0 Å². The minimum atomic E-state index is -0.663. The van der Waals surface area contributed by atoms with Gasteiger partial charge in [-0.15, -0.1) is 0 Å². The predicted molar refractivity (Wildman–Crippen MR) is 539 cm³/mol. The Hall–Kier alpha value is -5.30. The molecule has 0 aliphatic carbocycles. The van der Waals surface area contributed by atoms with Crippen LogP contribution < -0.4 is 0 Å². The first-order valence-electron chi connectivity index (χ1n) is 53.9. The Morgan fingerprint density at radius 1 is 0.0938 bits per heavy atom. The van der Waals surface area contributed by atoms with Gasteiger partial charge in [-0.2, -0.15) is 0 Å². The average molecular weight is 1830 g/mol. The molecular weight excluding hydrogens is 1620 g/mol. The van der Waals surface area contributed by atoms with E-state index < -0.39 is 59.7 Å². The van der Waals surface area contributed by atoms with Crippen molar-refractivity contribution in [3.8, 4) is 0 Å². The van der Waals surface area contributed by atoms with Gasteiger partial charge in [-0.05, 0) is 64.2 Å². The zero-order chi connectivity index (χ0) is 98.0. The van der Waals surface area contributed by atoms with Gasteiger partial charge in [0.25, 0.3) is 0 Å². The number of carboxylic acid groups (broad SMARTS) is 10. The third-order valence-electron chi connectivity index (χ3n) is 21.9. The molecule has 0 aromatic rings. The summed E-state index contributed by atoms with van der Waals surface area (Å²) in [5, 5.41) is 83.7. The molecule has 0 unspecified atom stereocenters. The normalized spacial score (nSPS) is 10.2. The number of rotatable bonds is 88. The molecule has 0 atom stereocenters. The standard InChI is InChI=1S/C18H36O2.9C10H20O2/c1-2-3-4-5-6-7-8-9-10-11-12-13-14-15-16-17-18(19)20;9*1-2-3-4-5-6-7-8-9-10(11)12/h2-17H2,1H3,(H,19,20);9*2-9H2,1H3,(H,11,12). The Labute approximate surface area is 788 Å². The lowest BCUT2D eigenvalue weighted by molar-refractivity contribution is -0.138. The van der Waals surface area contributed by atoms with Crippen LogP contribution >= 0.6 is 0 Å². The summed E-state index contributed by atoms with van der Waals surface area (Å²) in [5.74, 6) is -6.62. The van der Waals surface area contributed by atoms with Crippen molar-refractivity contribution in [2.24, 2.45) is 0 Å². The van der Waals surface area contributed by atoms with E-state index in [4.69, 9.17) is 51.1 Å². The molecule has 0 amide bonds. The summed E-state index contributed by atoms with van der Waals surface area (Å²) in [5.41, 5.74) is 0. The Bertz CT molecular complexity index is 1770. The number of hydrogen-bond acceptors (Lipinski definition) is 10. The number of carbonyl (C=O) groups is 10. The molecule has 0 saturated carbocycles. The molecule has 768 valence electrons. The van der Waals surface area contributed by atoms with Crippen LogP contribution in [0.3, 0.4) is 0 Å². The van der Waals surface area contributed by atoms with Crippen molar-refractivity contribution in [1.29, 1.82) is 0 Å². The summed E-state index contributed by atoms with van der Waals surface area (Å²) >= 11 is 0. The molecule has 10 N–H and O–H groups in total. The fourth-order valence-electron chi connectivity index (χ4n) is 13.7. The molecule has 128 heavy (non-hydrogen) atoms. The molecule has 0 aliphatic heterocycles. The molecule has 0 heterocycles.